The van der Waals surface area contributed by atoms with Crippen LogP contribution in [0.1, 0.15) is 36.2 Å². The zero-order valence-corrected chi connectivity index (χ0v) is 19.9. The van der Waals surface area contributed by atoms with E-state index in [1.807, 2.05) is 42.5 Å². The van der Waals surface area contributed by atoms with Crippen molar-refractivity contribution in [3.05, 3.63) is 71.5 Å². The average molecular weight is 466 g/mol. The molecule has 0 unspecified atom stereocenters. The molecule has 1 amide bonds. The van der Waals surface area contributed by atoms with E-state index in [1.165, 1.54) is 36.6 Å². The molecule has 3 aromatic rings. The first-order valence-electron chi connectivity index (χ1n) is 11.4. The number of methoxy groups -OCH3 is 1. The third kappa shape index (κ3) is 6.82. The summed E-state index contributed by atoms with van der Waals surface area (Å²) in [6, 6.07) is 18.0. The lowest BCUT2D eigenvalue weighted by atomic mass is 10.1. The maximum absolute atomic E-state index is 12.5. The fourth-order valence-electron chi connectivity index (χ4n) is 3.91. The summed E-state index contributed by atoms with van der Waals surface area (Å²) in [5, 5.41) is 12.7. The van der Waals surface area contributed by atoms with Crippen molar-refractivity contribution in [3.8, 4) is 5.75 Å². The number of ether oxygens (including phenoxy) is 1. The van der Waals surface area contributed by atoms with Crippen molar-refractivity contribution in [3.63, 3.8) is 0 Å². The number of benzene rings is 2. The lowest BCUT2D eigenvalue weighted by Gasteiger charge is -2.26. The van der Waals surface area contributed by atoms with E-state index in [0.717, 1.165) is 41.9 Å². The van der Waals surface area contributed by atoms with Crippen LogP contribution in [0.4, 0.5) is 0 Å². The minimum Gasteiger partial charge on any atom is -0.497 e. The molecule has 8 heteroatoms. The first kappa shape index (κ1) is 23.3. The van der Waals surface area contributed by atoms with E-state index in [4.69, 9.17) is 4.74 Å². The summed E-state index contributed by atoms with van der Waals surface area (Å²) in [7, 11) is 1.64. The molecule has 1 N–H and O–H groups in total. The summed E-state index contributed by atoms with van der Waals surface area (Å²) in [5.41, 5.74) is 2.23. The normalized spacial score (nSPS) is 14.2. The first-order chi connectivity index (χ1) is 16.2. The van der Waals surface area contributed by atoms with Crippen LogP contribution in [0.2, 0.25) is 0 Å². The summed E-state index contributed by atoms with van der Waals surface area (Å²) >= 11 is 1.44. The van der Waals surface area contributed by atoms with Gasteiger partial charge in [0.2, 0.25) is 5.91 Å². The number of likely N-dealkylation sites (tertiary alicyclic amines) is 1. The predicted molar refractivity (Wildman–Crippen MR) is 130 cm³/mol. The minimum atomic E-state index is -0.0253. The van der Waals surface area contributed by atoms with E-state index in [0.29, 0.717) is 18.8 Å². The van der Waals surface area contributed by atoms with Crippen LogP contribution in [0, 0.1) is 0 Å². The van der Waals surface area contributed by atoms with Crippen LogP contribution >= 0.6 is 11.8 Å². The summed E-state index contributed by atoms with van der Waals surface area (Å²) in [4.78, 5) is 14.9. The number of amides is 1. The topological polar surface area (TPSA) is 72.3 Å². The van der Waals surface area contributed by atoms with Gasteiger partial charge in [-0.3, -0.25) is 9.69 Å². The van der Waals surface area contributed by atoms with Crippen LogP contribution in [0.25, 0.3) is 0 Å². The Morgan fingerprint density at radius 2 is 1.73 bits per heavy atom. The lowest BCUT2D eigenvalue weighted by molar-refractivity contribution is -0.118. The molecular formula is C25H31N5O2S. The number of carbonyl (C=O) groups excluding carboxylic acids is 1. The Balaban J connectivity index is 1.38. The smallest absolute Gasteiger partial charge is 0.230 e. The molecule has 0 atom stereocenters. The van der Waals surface area contributed by atoms with Crippen LogP contribution in [0.15, 0.2) is 59.8 Å². The Hall–Kier alpha value is -2.84. The second-order valence-corrected chi connectivity index (χ2v) is 9.16. The molecule has 1 aromatic heterocycles. The van der Waals surface area contributed by atoms with Gasteiger partial charge in [-0.1, -0.05) is 60.6 Å². The van der Waals surface area contributed by atoms with Gasteiger partial charge in [-0.25, -0.2) is 0 Å². The summed E-state index contributed by atoms with van der Waals surface area (Å²) < 4.78 is 7.34. The number of nitrogens with zero attached hydrogens (tertiary/aromatic N) is 4. The van der Waals surface area contributed by atoms with E-state index in [2.05, 4.69) is 37.1 Å². The van der Waals surface area contributed by atoms with E-state index >= 15 is 0 Å². The maximum Gasteiger partial charge on any atom is 0.230 e. The van der Waals surface area contributed by atoms with Gasteiger partial charge in [-0.2, -0.15) is 0 Å². The predicted octanol–water partition coefficient (Wildman–Crippen LogP) is 3.73. The van der Waals surface area contributed by atoms with Crippen molar-refractivity contribution in [2.45, 2.75) is 44.1 Å². The summed E-state index contributed by atoms with van der Waals surface area (Å²) in [6.07, 6.45) is 3.78. The molecule has 0 bridgehead atoms. The largest absolute Gasteiger partial charge is 0.497 e. The second kappa shape index (κ2) is 11.9. The molecule has 1 fully saturated rings. The maximum atomic E-state index is 12.5. The van der Waals surface area contributed by atoms with Gasteiger partial charge in [0.25, 0.3) is 0 Å². The Morgan fingerprint density at radius 1 is 0.970 bits per heavy atom. The highest BCUT2D eigenvalue weighted by molar-refractivity contribution is 7.99. The van der Waals surface area contributed by atoms with Crippen LogP contribution in [0.3, 0.4) is 0 Å². The minimum absolute atomic E-state index is 0.0253. The van der Waals surface area contributed by atoms with E-state index in [1.54, 1.807) is 7.11 Å². The van der Waals surface area contributed by atoms with Crippen molar-refractivity contribution < 1.29 is 9.53 Å². The molecule has 1 aliphatic heterocycles. The molecule has 2 aromatic carbocycles. The van der Waals surface area contributed by atoms with E-state index < -0.39 is 0 Å². The van der Waals surface area contributed by atoms with Crippen molar-refractivity contribution >= 4 is 17.7 Å². The van der Waals surface area contributed by atoms with E-state index in [9.17, 15) is 4.79 Å². The van der Waals surface area contributed by atoms with Crippen LogP contribution in [0.5, 0.6) is 5.75 Å². The monoisotopic (exact) mass is 465 g/mol. The number of hydrogen-bond acceptors (Lipinski definition) is 6. The van der Waals surface area contributed by atoms with Gasteiger partial charge in [0, 0.05) is 6.54 Å². The standard InChI is InChI=1S/C25H31N5O2S/c1-32-22-12-10-20(11-13-22)16-26-24(31)19-33-25-28-27-23(18-29-14-6-3-7-15-29)30(25)17-21-8-4-2-5-9-21/h2,4-5,8-13H,3,6-7,14-19H2,1H3,(H,26,31). The molecule has 0 radical (unpaired) electrons. The van der Waals surface area contributed by atoms with Gasteiger partial charge >= 0.3 is 0 Å². The Labute approximate surface area is 199 Å². The average Bonchev–Trinajstić information content (AvgIpc) is 3.23. The Bertz CT molecular complexity index is 1020. The Kier molecular flexibility index (Phi) is 8.38. The van der Waals surface area contributed by atoms with E-state index in [-0.39, 0.29) is 5.91 Å². The molecule has 1 saturated heterocycles. The number of nitrogens with one attached hydrogen (secondary N) is 1. The third-order valence-electron chi connectivity index (χ3n) is 5.77. The number of hydrogen-bond donors (Lipinski definition) is 1. The fourth-order valence-corrected chi connectivity index (χ4v) is 4.70. The highest BCUT2D eigenvalue weighted by atomic mass is 32.2. The van der Waals surface area contributed by atoms with Crippen molar-refractivity contribution in [2.24, 2.45) is 0 Å². The zero-order chi connectivity index (χ0) is 22.9. The van der Waals surface area contributed by atoms with Gasteiger partial charge < -0.3 is 14.6 Å². The molecule has 1 aliphatic rings. The van der Waals surface area contributed by atoms with Gasteiger partial charge in [0.15, 0.2) is 5.16 Å². The number of aromatic nitrogens is 3. The molecule has 0 saturated carbocycles. The number of rotatable bonds is 10. The summed E-state index contributed by atoms with van der Waals surface area (Å²) in [5.74, 6) is 2.04. The quantitative estimate of drug-likeness (QED) is 0.460. The number of carbonyl (C=O) groups is 1. The molecule has 0 aliphatic carbocycles. The van der Waals surface area contributed by atoms with Gasteiger partial charge in [-0.05, 0) is 49.2 Å². The number of piperidine rings is 1. The molecule has 174 valence electrons. The highest BCUT2D eigenvalue weighted by Crippen LogP contribution is 2.21. The Morgan fingerprint density at radius 3 is 2.45 bits per heavy atom. The molecule has 4 rings (SSSR count). The first-order valence-corrected chi connectivity index (χ1v) is 12.4. The molecule has 7 nitrogen and oxygen atoms in total. The molecule has 2 heterocycles. The molecule has 33 heavy (non-hydrogen) atoms. The highest BCUT2D eigenvalue weighted by Gasteiger charge is 2.18. The SMILES string of the molecule is COc1ccc(CNC(=O)CSc2nnc(CN3CCCCC3)n2Cc2ccccc2)cc1. The zero-order valence-electron chi connectivity index (χ0n) is 19.1. The molecular weight excluding hydrogens is 434 g/mol. The van der Waals surface area contributed by atoms with Gasteiger partial charge in [0.05, 0.1) is 26.0 Å². The lowest BCUT2D eigenvalue weighted by Crippen LogP contribution is -2.30. The van der Waals surface area contributed by atoms with Crippen LogP contribution in [-0.4, -0.2) is 51.5 Å². The number of thioether (sulfide) groups is 1. The molecule has 0 spiro atoms. The van der Waals surface area contributed by atoms with Crippen molar-refractivity contribution in [2.75, 3.05) is 26.0 Å². The fraction of sp³-hybridized carbons (Fsp3) is 0.400. The van der Waals surface area contributed by atoms with Gasteiger partial charge in [-0.15, -0.1) is 10.2 Å². The van der Waals surface area contributed by atoms with Crippen LogP contribution < -0.4 is 10.1 Å². The van der Waals surface area contributed by atoms with Gasteiger partial charge in [0.1, 0.15) is 11.6 Å². The van der Waals surface area contributed by atoms with Crippen LogP contribution in [-0.2, 0) is 24.4 Å². The van der Waals surface area contributed by atoms with Crippen molar-refractivity contribution in [1.29, 1.82) is 0 Å². The summed E-state index contributed by atoms with van der Waals surface area (Å²) in [6.45, 7) is 4.19. The second-order valence-electron chi connectivity index (χ2n) is 8.22. The van der Waals surface area contributed by atoms with Crippen molar-refractivity contribution in [1.82, 2.24) is 25.0 Å². The third-order valence-corrected chi connectivity index (χ3v) is 6.74.